The summed E-state index contributed by atoms with van der Waals surface area (Å²) in [5.74, 6) is -0.165. The van der Waals surface area contributed by atoms with Crippen LogP contribution in [0.3, 0.4) is 0 Å². The fourth-order valence-electron chi connectivity index (χ4n) is 5.23. The number of nitrogens with zero attached hydrogens (tertiary/aromatic N) is 3. The van der Waals surface area contributed by atoms with Crippen molar-refractivity contribution in [2.45, 2.75) is 25.8 Å². The Bertz CT molecular complexity index is 1230. The lowest BCUT2D eigenvalue weighted by atomic mass is 9.93. The van der Waals surface area contributed by atoms with Crippen molar-refractivity contribution in [3.05, 3.63) is 92.9 Å². The van der Waals surface area contributed by atoms with Crippen LogP contribution in [-0.2, 0) is 11.2 Å². The molecule has 0 radical (unpaired) electrons. The van der Waals surface area contributed by atoms with Crippen LogP contribution in [0.1, 0.15) is 44.4 Å². The molecule has 0 saturated carbocycles. The van der Waals surface area contributed by atoms with E-state index in [1.807, 2.05) is 47.1 Å². The van der Waals surface area contributed by atoms with Gasteiger partial charge < -0.3 is 9.80 Å². The largest absolute Gasteiger partial charge is 0.340 e. The molecule has 5 nitrogen and oxygen atoms in total. The van der Waals surface area contributed by atoms with Crippen LogP contribution in [0, 0.1) is 12.7 Å². The van der Waals surface area contributed by atoms with Crippen LogP contribution in [0.5, 0.6) is 0 Å². The maximum Gasteiger partial charge on any atom is 0.254 e. The number of aryl methyl sites for hydroxylation is 1. The lowest BCUT2D eigenvalue weighted by Crippen LogP contribution is -2.45. The minimum Gasteiger partial charge on any atom is -0.340 e. The minimum atomic E-state index is -0.262. The maximum atomic E-state index is 14.1. The van der Waals surface area contributed by atoms with E-state index in [1.165, 1.54) is 16.5 Å². The van der Waals surface area contributed by atoms with Gasteiger partial charge in [0.2, 0.25) is 5.91 Å². The molecule has 2 aliphatic rings. The molecule has 2 aliphatic heterocycles. The highest BCUT2D eigenvalue weighted by molar-refractivity contribution is 7.10. The molecule has 0 spiro atoms. The highest BCUT2D eigenvalue weighted by Crippen LogP contribution is 2.37. The number of thiophene rings is 1. The van der Waals surface area contributed by atoms with E-state index in [-0.39, 0.29) is 30.2 Å². The Morgan fingerprint density at radius 3 is 2.60 bits per heavy atom. The lowest BCUT2D eigenvalue weighted by Gasteiger charge is -2.37. The zero-order valence-corrected chi connectivity index (χ0v) is 20.8. The number of hydrogen-bond acceptors (Lipinski definition) is 4. The number of carbonyl (C=O) groups excluding carboxylic acids is 2. The second kappa shape index (κ2) is 10.3. The standard InChI is InChI=1S/C28H30FN3O2S/c1-20-6-2-3-9-23(20)28(34)31-13-5-12-30(15-16-31)26(33)19-32-14-10-25-24(11-17-35-25)27(32)21-7-4-8-22(29)18-21/h2-4,6-9,11,17-18,27H,5,10,12-16,19H2,1H3/t27-/m0/s1. The van der Waals surface area contributed by atoms with Crippen molar-refractivity contribution in [1.29, 1.82) is 0 Å². The first-order chi connectivity index (χ1) is 17.0. The van der Waals surface area contributed by atoms with Crippen LogP contribution >= 0.6 is 11.3 Å². The molecule has 3 aromatic rings. The predicted molar refractivity (Wildman–Crippen MR) is 136 cm³/mol. The molecule has 35 heavy (non-hydrogen) atoms. The van der Waals surface area contributed by atoms with Crippen LogP contribution in [0.15, 0.2) is 60.0 Å². The van der Waals surface area contributed by atoms with E-state index in [0.29, 0.717) is 26.2 Å². The first-order valence-electron chi connectivity index (χ1n) is 12.2. The van der Waals surface area contributed by atoms with Gasteiger partial charge in [-0.2, -0.15) is 0 Å². The summed E-state index contributed by atoms with van der Waals surface area (Å²) in [6.07, 6.45) is 1.65. The molecule has 7 heteroatoms. The molecule has 0 bridgehead atoms. The Morgan fingerprint density at radius 2 is 1.77 bits per heavy atom. The van der Waals surface area contributed by atoms with E-state index in [9.17, 15) is 14.0 Å². The van der Waals surface area contributed by atoms with Crippen molar-refractivity contribution in [3.8, 4) is 0 Å². The molecular formula is C28H30FN3O2S. The molecule has 2 aromatic carbocycles. The summed E-state index contributed by atoms with van der Waals surface area (Å²) in [6.45, 7) is 5.32. The molecule has 182 valence electrons. The van der Waals surface area contributed by atoms with Crippen molar-refractivity contribution in [3.63, 3.8) is 0 Å². The van der Waals surface area contributed by atoms with Gasteiger partial charge in [-0.15, -0.1) is 11.3 Å². The van der Waals surface area contributed by atoms with Crippen molar-refractivity contribution < 1.29 is 14.0 Å². The molecule has 5 rings (SSSR count). The second-order valence-electron chi connectivity index (χ2n) is 9.32. The Hall–Kier alpha value is -3.03. The number of benzene rings is 2. The number of carbonyl (C=O) groups is 2. The zero-order chi connectivity index (χ0) is 24.4. The third-order valence-corrected chi connectivity index (χ3v) is 8.08. The van der Waals surface area contributed by atoms with Crippen molar-refractivity contribution in [2.24, 2.45) is 0 Å². The van der Waals surface area contributed by atoms with Gasteiger partial charge in [0.25, 0.3) is 5.91 Å². The lowest BCUT2D eigenvalue weighted by molar-refractivity contribution is -0.132. The average Bonchev–Trinajstić information content (AvgIpc) is 3.19. The average molecular weight is 492 g/mol. The van der Waals surface area contributed by atoms with Gasteiger partial charge in [-0.25, -0.2) is 4.39 Å². The SMILES string of the molecule is Cc1ccccc1C(=O)N1CCCN(C(=O)CN2CCc3sccc3[C@@H]2c2cccc(F)c2)CC1. The van der Waals surface area contributed by atoms with Gasteiger partial charge in [-0.05, 0) is 66.1 Å². The highest BCUT2D eigenvalue weighted by atomic mass is 32.1. The van der Waals surface area contributed by atoms with Gasteiger partial charge in [0.15, 0.2) is 0 Å². The van der Waals surface area contributed by atoms with Gasteiger partial charge in [0.1, 0.15) is 5.82 Å². The van der Waals surface area contributed by atoms with E-state index in [1.54, 1.807) is 23.5 Å². The highest BCUT2D eigenvalue weighted by Gasteiger charge is 2.32. The van der Waals surface area contributed by atoms with Crippen LogP contribution < -0.4 is 0 Å². The van der Waals surface area contributed by atoms with Gasteiger partial charge >= 0.3 is 0 Å². The van der Waals surface area contributed by atoms with E-state index < -0.39 is 0 Å². The third kappa shape index (κ3) is 5.02. The normalized spacial score (nSPS) is 18.7. The summed E-state index contributed by atoms with van der Waals surface area (Å²) < 4.78 is 14.1. The van der Waals surface area contributed by atoms with Gasteiger partial charge in [-0.1, -0.05) is 30.3 Å². The summed E-state index contributed by atoms with van der Waals surface area (Å²) in [5.41, 5.74) is 3.75. The van der Waals surface area contributed by atoms with Gasteiger partial charge in [0, 0.05) is 43.2 Å². The predicted octanol–water partition coefficient (Wildman–Crippen LogP) is 4.52. The number of halogens is 1. The molecule has 2 amide bonds. The van der Waals surface area contributed by atoms with Crippen LogP contribution in [0.2, 0.25) is 0 Å². The van der Waals surface area contributed by atoms with Gasteiger partial charge in [-0.3, -0.25) is 14.5 Å². The molecule has 3 heterocycles. The van der Waals surface area contributed by atoms with Crippen LogP contribution in [-0.4, -0.2) is 65.8 Å². The Balaban J connectivity index is 1.28. The summed E-state index contributed by atoms with van der Waals surface area (Å²) in [4.78, 5) is 33.7. The maximum absolute atomic E-state index is 14.1. The summed E-state index contributed by atoms with van der Waals surface area (Å²) >= 11 is 1.73. The van der Waals surface area contributed by atoms with E-state index in [4.69, 9.17) is 0 Å². The second-order valence-corrected chi connectivity index (χ2v) is 10.3. The Labute approximate surface area is 209 Å². The molecule has 0 unspecified atom stereocenters. The van der Waals surface area contributed by atoms with Gasteiger partial charge in [0.05, 0.1) is 12.6 Å². The minimum absolute atomic E-state index is 0.0320. The molecule has 0 aliphatic carbocycles. The topological polar surface area (TPSA) is 43.9 Å². The quantitative estimate of drug-likeness (QED) is 0.539. The van der Waals surface area contributed by atoms with E-state index >= 15 is 0 Å². The number of hydrogen-bond donors (Lipinski definition) is 0. The molecule has 1 fully saturated rings. The fourth-order valence-corrected chi connectivity index (χ4v) is 6.14. The molecular weight excluding hydrogens is 461 g/mol. The third-order valence-electron chi connectivity index (χ3n) is 7.08. The van der Waals surface area contributed by atoms with E-state index in [2.05, 4.69) is 16.3 Å². The number of rotatable bonds is 4. The van der Waals surface area contributed by atoms with Crippen LogP contribution in [0.25, 0.3) is 0 Å². The zero-order valence-electron chi connectivity index (χ0n) is 20.0. The van der Waals surface area contributed by atoms with Crippen molar-refractivity contribution >= 4 is 23.2 Å². The van der Waals surface area contributed by atoms with Crippen molar-refractivity contribution in [2.75, 3.05) is 39.3 Å². The summed E-state index contributed by atoms with van der Waals surface area (Å²) in [5, 5.41) is 2.08. The van der Waals surface area contributed by atoms with E-state index in [0.717, 1.165) is 36.1 Å². The monoisotopic (exact) mass is 491 g/mol. The van der Waals surface area contributed by atoms with Crippen molar-refractivity contribution in [1.82, 2.24) is 14.7 Å². The molecule has 0 N–H and O–H groups in total. The summed E-state index contributed by atoms with van der Waals surface area (Å²) in [7, 11) is 0. The first kappa shape index (κ1) is 23.7. The van der Waals surface area contributed by atoms with Crippen LogP contribution in [0.4, 0.5) is 4.39 Å². The first-order valence-corrected chi connectivity index (χ1v) is 13.1. The Kier molecular flexibility index (Phi) is 6.97. The molecule has 1 aromatic heterocycles. The molecule has 1 saturated heterocycles. The smallest absolute Gasteiger partial charge is 0.254 e. The fraction of sp³-hybridized carbons (Fsp3) is 0.357. The summed E-state index contributed by atoms with van der Waals surface area (Å²) in [6, 6.07) is 16.3. The number of fused-ring (bicyclic) bond motifs is 1. The Morgan fingerprint density at radius 1 is 0.971 bits per heavy atom. The molecule has 1 atom stereocenters. The number of amides is 2.